The van der Waals surface area contributed by atoms with Crippen molar-refractivity contribution >= 4 is 22.1 Å². The molecule has 0 aromatic rings. The minimum atomic E-state index is -1.50. The van der Waals surface area contributed by atoms with Crippen molar-refractivity contribution in [3.05, 3.63) is 41.3 Å². The molecule has 0 amide bonds. The van der Waals surface area contributed by atoms with Gasteiger partial charge < -0.3 is 2.85 Å². The first-order chi connectivity index (χ1) is 10.00. The Morgan fingerprint density at radius 1 is 0.818 bits per heavy atom. The molecule has 0 spiro atoms. The van der Waals surface area contributed by atoms with Crippen LogP contribution < -0.4 is 0 Å². The quantitative estimate of drug-likeness (QED) is 0.473. The molecule has 0 saturated heterocycles. The zero-order chi connectivity index (χ0) is 16.7. The van der Waals surface area contributed by atoms with Crippen LogP contribution in [0.1, 0.15) is 15.7 Å². The molecular formula is C18H35Si3Zr-2. The van der Waals surface area contributed by atoms with E-state index in [1.165, 1.54) is 12.8 Å². The van der Waals surface area contributed by atoms with Crippen LogP contribution in [0.5, 0.6) is 0 Å². The molecule has 0 aromatic carbocycles. The van der Waals surface area contributed by atoms with Crippen LogP contribution in [0.25, 0.3) is 0 Å². The van der Waals surface area contributed by atoms with Crippen LogP contribution >= 0.6 is 0 Å². The molecule has 0 N–H and O–H groups in total. The summed E-state index contributed by atoms with van der Waals surface area (Å²) in [5.41, 5.74) is 0. The fraction of sp³-hybridized carbons (Fsp3) is 0.556. The minimum absolute atomic E-state index is 0. The first-order valence-corrected chi connectivity index (χ1v) is 25.3. The molecule has 0 bridgehead atoms. The van der Waals surface area contributed by atoms with Gasteiger partial charge >= 0.3 is 149 Å². The van der Waals surface area contributed by atoms with Crippen molar-refractivity contribution < 1.29 is 23.8 Å². The third-order valence-electron chi connectivity index (χ3n) is 4.74. The second kappa shape index (κ2) is 6.78. The summed E-state index contributed by atoms with van der Waals surface area (Å²) < 4.78 is 3.86. The Hall–Kier alpha value is 0.494. The van der Waals surface area contributed by atoms with Crippen LogP contribution in [0.2, 0.25) is 52.4 Å². The smallest absolute Gasteiger partial charge is 1.00 e. The summed E-state index contributed by atoms with van der Waals surface area (Å²) in [5, 5.41) is 3.46. The van der Waals surface area contributed by atoms with Gasteiger partial charge in [-0.25, -0.2) is 0 Å². The van der Waals surface area contributed by atoms with Crippen LogP contribution in [-0.2, 0) is 20.9 Å². The van der Waals surface area contributed by atoms with Crippen LogP contribution in [0, 0.1) is 0 Å². The Balaban J connectivity index is 0.00000264. The van der Waals surface area contributed by atoms with Gasteiger partial charge in [0.05, 0.1) is 0 Å². The van der Waals surface area contributed by atoms with Gasteiger partial charge in [0, 0.05) is 0 Å². The third kappa shape index (κ3) is 4.31. The Labute approximate surface area is 151 Å². The predicted molar refractivity (Wildman–Crippen MR) is 109 cm³/mol. The SMILES string of the molecule is C[SiH](C)[Zr]([C]1=CC([Si](C)(C)C)=CC1)[C]1=CC([Si](C)(C)C)=CC1.[H-].[H-]. The van der Waals surface area contributed by atoms with E-state index in [4.69, 9.17) is 0 Å². The van der Waals surface area contributed by atoms with Crippen molar-refractivity contribution in [3.8, 4) is 0 Å². The van der Waals surface area contributed by atoms with E-state index in [2.05, 4.69) is 76.7 Å². The van der Waals surface area contributed by atoms with Crippen molar-refractivity contribution in [2.45, 2.75) is 65.2 Å². The standard InChI is InChI=1S/2C8H13Si.C2H7Si.Zr.2H/c2*1-9(2,3)8-6-4-5-7-8;1-3-2;;;/h2*6-7H,4H2,1-3H3;3H,1-2H3;;;/q;;;;2*-1. The van der Waals surface area contributed by atoms with E-state index < -0.39 is 43.0 Å². The van der Waals surface area contributed by atoms with E-state index in [-0.39, 0.29) is 2.85 Å². The number of hydrogen-bond donors (Lipinski definition) is 0. The molecule has 0 fully saturated rings. The molecule has 2 aliphatic carbocycles. The predicted octanol–water partition coefficient (Wildman–Crippen LogP) is 6.00. The molecule has 2 aliphatic rings. The molecule has 0 heterocycles. The monoisotopic (exact) mass is 425 g/mol. The molecule has 0 atom stereocenters. The maximum atomic E-state index is 2.68. The Morgan fingerprint density at radius 3 is 1.41 bits per heavy atom. The van der Waals surface area contributed by atoms with Gasteiger partial charge in [-0.3, -0.25) is 0 Å². The fourth-order valence-electron chi connectivity index (χ4n) is 3.42. The van der Waals surface area contributed by atoms with Crippen LogP contribution in [0.15, 0.2) is 41.3 Å². The third-order valence-corrected chi connectivity index (χ3v) is 28.1. The van der Waals surface area contributed by atoms with Crippen LogP contribution in [0.3, 0.4) is 0 Å². The summed E-state index contributed by atoms with van der Waals surface area (Å²) in [6.45, 7) is 20.2. The summed E-state index contributed by atoms with van der Waals surface area (Å²) in [5.74, 6) is -0.530. The van der Waals surface area contributed by atoms with E-state index >= 15 is 0 Å². The van der Waals surface area contributed by atoms with E-state index in [0.717, 1.165) is 0 Å². The van der Waals surface area contributed by atoms with Gasteiger partial charge in [0.25, 0.3) is 0 Å². The van der Waals surface area contributed by atoms with Gasteiger partial charge in [-0.1, -0.05) is 0 Å². The molecule has 0 nitrogen and oxygen atoms in total. The zero-order valence-corrected chi connectivity index (χ0v) is 21.4. The zero-order valence-electron chi connectivity index (χ0n) is 17.8. The normalized spacial score (nSPS) is 19.1. The molecule has 4 heteroatoms. The maximum Gasteiger partial charge on any atom is -1.00 e. The topological polar surface area (TPSA) is 0 Å². The first-order valence-electron chi connectivity index (χ1n) is 8.70. The molecule has 0 radical (unpaired) electrons. The van der Waals surface area contributed by atoms with E-state index in [9.17, 15) is 0 Å². The van der Waals surface area contributed by atoms with Gasteiger partial charge in [0.2, 0.25) is 0 Å². The summed E-state index contributed by atoms with van der Waals surface area (Å²) in [6, 6.07) is 0. The van der Waals surface area contributed by atoms with Crippen molar-refractivity contribution in [2.75, 3.05) is 0 Å². The minimum Gasteiger partial charge on any atom is -1.00 e. The van der Waals surface area contributed by atoms with Gasteiger partial charge in [-0.15, -0.1) is 0 Å². The fourth-order valence-corrected chi connectivity index (χ4v) is 25.7. The maximum absolute atomic E-state index is 2.68. The van der Waals surface area contributed by atoms with E-state index in [0.29, 0.717) is 0 Å². The van der Waals surface area contributed by atoms with Crippen LogP contribution in [-0.4, -0.2) is 22.1 Å². The van der Waals surface area contributed by atoms with Crippen molar-refractivity contribution in [3.63, 3.8) is 0 Å². The number of hydrogen-bond acceptors (Lipinski definition) is 0. The Bertz CT molecular complexity index is 528. The largest absolute Gasteiger partial charge is 1.00 e. The van der Waals surface area contributed by atoms with Gasteiger partial charge in [-0.05, 0) is 0 Å². The average molecular weight is 427 g/mol. The molecule has 0 unspecified atom stereocenters. The van der Waals surface area contributed by atoms with Crippen molar-refractivity contribution in [2.24, 2.45) is 0 Å². The molecule has 22 heavy (non-hydrogen) atoms. The Morgan fingerprint density at radius 2 is 1.18 bits per heavy atom. The average Bonchev–Trinajstić information content (AvgIpc) is 2.95. The molecule has 0 aromatic heterocycles. The molecule has 125 valence electrons. The molecule has 2 rings (SSSR count). The summed E-state index contributed by atoms with van der Waals surface area (Å²) in [7, 11) is -2.25. The van der Waals surface area contributed by atoms with Crippen molar-refractivity contribution in [1.82, 2.24) is 0 Å². The summed E-state index contributed by atoms with van der Waals surface area (Å²) in [4.78, 5) is 0. The van der Waals surface area contributed by atoms with Gasteiger partial charge in [0.1, 0.15) is 0 Å². The molecule has 0 saturated carbocycles. The van der Waals surface area contributed by atoms with Crippen molar-refractivity contribution in [1.29, 1.82) is 0 Å². The number of allylic oxidation sites excluding steroid dienone is 8. The molecule has 0 aliphatic heterocycles. The first kappa shape index (κ1) is 18.8. The molecular weight excluding hydrogens is 392 g/mol. The van der Waals surface area contributed by atoms with Gasteiger partial charge in [-0.2, -0.15) is 0 Å². The van der Waals surface area contributed by atoms with Gasteiger partial charge in [0.15, 0.2) is 0 Å². The number of rotatable bonds is 5. The van der Waals surface area contributed by atoms with E-state index in [1.54, 1.807) is 10.4 Å². The second-order valence-corrected chi connectivity index (χ2v) is 38.7. The Kier molecular flexibility index (Phi) is 5.80. The summed E-state index contributed by atoms with van der Waals surface area (Å²) >= 11 is -1.50. The van der Waals surface area contributed by atoms with Crippen LogP contribution in [0.4, 0.5) is 0 Å². The van der Waals surface area contributed by atoms with E-state index in [1.807, 2.05) is 6.56 Å². The second-order valence-electron chi connectivity index (χ2n) is 9.13. The summed E-state index contributed by atoms with van der Waals surface area (Å²) in [6.07, 6.45) is 13.1.